The Bertz CT molecular complexity index is 866. The monoisotopic (exact) mass is 405 g/mol. The van der Waals surface area contributed by atoms with E-state index in [-0.39, 0.29) is 4.90 Å². The molecule has 1 N–H and O–H groups in total. The number of rotatable bonds is 8. The molecule has 7 nitrogen and oxygen atoms in total. The van der Waals surface area contributed by atoms with Gasteiger partial charge >= 0.3 is 0 Å². The number of methoxy groups -OCH3 is 2. The van der Waals surface area contributed by atoms with Gasteiger partial charge in [0.2, 0.25) is 10.0 Å². The number of nitrogens with one attached hydrogen (secondary N) is 1. The number of ether oxygens (including phenoxy) is 2. The zero-order chi connectivity index (χ0) is 20.0. The van der Waals surface area contributed by atoms with Gasteiger partial charge in [-0.3, -0.25) is 9.88 Å². The molecule has 0 atom stereocenters. The Morgan fingerprint density at radius 1 is 1.18 bits per heavy atom. The highest BCUT2D eigenvalue weighted by atomic mass is 32.2. The lowest BCUT2D eigenvalue weighted by atomic mass is 9.97. The fourth-order valence-electron chi connectivity index (χ4n) is 3.40. The van der Waals surface area contributed by atoms with Crippen LogP contribution in [0, 0.1) is 5.92 Å². The molecule has 0 bridgehead atoms. The lowest BCUT2D eigenvalue weighted by molar-refractivity contribution is 0.178. The van der Waals surface area contributed by atoms with Crippen LogP contribution in [0.4, 0.5) is 0 Å². The average Bonchev–Trinajstić information content (AvgIpc) is 2.73. The van der Waals surface area contributed by atoms with E-state index in [1.54, 1.807) is 18.3 Å². The van der Waals surface area contributed by atoms with Gasteiger partial charge in [-0.25, -0.2) is 13.1 Å². The summed E-state index contributed by atoms with van der Waals surface area (Å²) in [6.45, 7) is 3.20. The van der Waals surface area contributed by atoms with Crippen molar-refractivity contribution >= 4 is 10.0 Å². The Kier molecular flexibility index (Phi) is 6.88. The molecule has 0 saturated carbocycles. The molecule has 2 aromatic rings. The molecule has 1 aromatic heterocycles. The lowest BCUT2D eigenvalue weighted by Crippen LogP contribution is -2.38. The van der Waals surface area contributed by atoms with Crippen molar-refractivity contribution in [2.75, 3.05) is 33.9 Å². The first kappa shape index (κ1) is 20.6. The van der Waals surface area contributed by atoms with Gasteiger partial charge in [0.15, 0.2) is 0 Å². The van der Waals surface area contributed by atoms with E-state index < -0.39 is 10.0 Å². The van der Waals surface area contributed by atoms with Crippen LogP contribution in [0.2, 0.25) is 0 Å². The maximum atomic E-state index is 12.8. The Morgan fingerprint density at radius 2 is 1.96 bits per heavy atom. The Labute approximate surface area is 166 Å². The summed E-state index contributed by atoms with van der Waals surface area (Å²) >= 11 is 0. The first-order valence-electron chi connectivity index (χ1n) is 9.35. The normalized spacial score (nSPS) is 16.1. The van der Waals surface area contributed by atoms with E-state index in [0.29, 0.717) is 24.0 Å². The van der Waals surface area contributed by atoms with Gasteiger partial charge < -0.3 is 9.47 Å². The maximum absolute atomic E-state index is 12.8. The van der Waals surface area contributed by atoms with Crippen LogP contribution in [0.3, 0.4) is 0 Å². The Hall–Kier alpha value is -2.16. The molecule has 1 aliphatic heterocycles. The molecule has 2 heterocycles. The highest BCUT2D eigenvalue weighted by molar-refractivity contribution is 7.89. The highest BCUT2D eigenvalue weighted by Gasteiger charge is 2.24. The van der Waals surface area contributed by atoms with Crippen molar-refractivity contribution in [3.63, 3.8) is 0 Å². The minimum absolute atomic E-state index is 0.100. The van der Waals surface area contributed by atoms with Crippen molar-refractivity contribution in [2.24, 2.45) is 5.92 Å². The number of pyridine rings is 1. The van der Waals surface area contributed by atoms with Crippen LogP contribution in [-0.4, -0.2) is 52.2 Å². The Morgan fingerprint density at radius 3 is 2.61 bits per heavy atom. The predicted octanol–water partition coefficient (Wildman–Crippen LogP) is 2.29. The summed E-state index contributed by atoms with van der Waals surface area (Å²) in [5.74, 6) is 1.10. The molecule has 0 spiro atoms. The molecule has 1 fully saturated rings. The molecule has 3 rings (SSSR count). The van der Waals surface area contributed by atoms with Crippen LogP contribution >= 0.6 is 0 Å². The minimum atomic E-state index is -3.67. The summed E-state index contributed by atoms with van der Waals surface area (Å²) in [5, 5.41) is 0. The first-order chi connectivity index (χ1) is 13.5. The smallest absolute Gasteiger partial charge is 0.244 e. The van der Waals surface area contributed by atoms with E-state index >= 15 is 0 Å². The van der Waals surface area contributed by atoms with Crippen LogP contribution in [-0.2, 0) is 16.6 Å². The maximum Gasteiger partial charge on any atom is 0.244 e. The van der Waals surface area contributed by atoms with E-state index in [9.17, 15) is 8.42 Å². The molecule has 0 radical (unpaired) electrons. The number of nitrogens with zero attached hydrogens (tertiary/aromatic N) is 2. The summed E-state index contributed by atoms with van der Waals surface area (Å²) in [6, 6.07) is 8.79. The van der Waals surface area contributed by atoms with Crippen molar-refractivity contribution < 1.29 is 17.9 Å². The van der Waals surface area contributed by atoms with E-state index in [2.05, 4.69) is 20.7 Å². The molecule has 28 heavy (non-hydrogen) atoms. The quantitative estimate of drug-likeness (QED) is 0.726. The van der Waals surface area contributed by atoms with Crippen LogP contribution in [0.5, 0.6) is 11.5 Å². The largest absolute Gasteiger partial charge is 0.497 e. The summed E-state index contributed by atoms with van der Waals surface area (Å²) in [4.78, 5) is 6.64. The molecular formula is C20H27N3O4S. The molecule has 1 aliphatic rings. The van der Waals surface area contributed by atoms with Gasteiger partial charge in [-0.15, -0.1) is 0 Å². The van der Waals surface area contributed by atoms with Gasteiger partial charge in [-0.2, -0.15) is 0 Å². The molecule has 0 amide bonds. The third-order valence-corrected chi connectivity index (χ3v) is 6.50. The zero-order valence-electron chi connectivity index (χ0n) is 16.3. The molecule has 1 aromatic carbocycles. The summed E-state index contributed by atoms with van der Waals surface area (Å²) in [5.41, 5.74) is 1.20. The average molecular weight is 406 g/mol. The van der Waals surface area contributed by atoms with Gasteiger partial charge in [0, 0.05) is 31.5 Å². The van der Waals surface area contributed by atoms with Crippen molar-refractivity contribution in [3.05, 3.63) is 48.3 Å². The SMILES string of the molecule is COc1ccc(OC)c(S(=O)(=O)NCC2CCN(Cc3cccnc3)CC2)c1. The van der Waals surface area contributed by atoms with Crippen molar-refractivity contribution in [3.8, 4) is 11.5 Å². The van der Waals surface area contributed by atoms with Gasteiger partial charge in [-0.05, 0) is 55.6 Å². The lowest BCUT2D eigenvalue weighted by Gasteiger charge is -2.32. The Balaban J connectivity index is 1.55. The van der Waals surface area contributed by atoms with Crippen LogP contribution < -0.4 is 14.2 Å². The first-order valence-corrected chi connectivity index (χ1v) is 10.8. The number of sulfonamides is 1. The second kappa shape index (κ2) is 9.36. The number of hydrogen-bond acceptors (Lipinski definition) is 6. The van der Waals surface area contributed by atoms with Gasteiger partial charge in [0.25, 0.3) is 0 Å². The summed E-state index contributed by atoms with van der Waals surface area (Å²) in [6.07, 6.45) is 5.58. The summed E-state index contributed by atoms with van der Waals surface area (Å²) in [7, 11) is -0.712. The molecule has 0 aliphatic carbocycles. The molecule has 8 heteroatoms. The minimum Gasteiger partial charge on any atom is -0.497 e. The number of piperidine rings is 1. The second-order valence-corrected chi connectivity index (χ2v) is 8.68. The number of benzene rings is 1. The van der Waals surface area contributed by atoms with Crippen molar-refractivity contribution in [1.82, 2.24) is 14.6 Å². The third kappa shape index (κ3) is 5.21. The number of aromatic nitrogens is 1. The van der Waals surface area contributed by atoms with E-state index in [1.165, 1.54) is 25.8 Å². The molecule has 152 valence electrons. The van der Waals surface area contributed by atoms with Gasteiger partial charge in [0.05, 0.1) is 14.2 Å². The number of likely N-dealkylation sites (tertiary alicyclic amines) is 1. The van der Waals surface area contributed by atoms with Gasteiger partial charge in [-0.1, -0.05) is 6.07 Å². The zero-order valence-corrected chi connectivity index (χ0v) is 17.1. The fourth-order valence-corrected chi connectivity index (χ4v) is 4.70. The molecular weight excluding hydrogens is 378 g/mol. The van der Waals surface area contributed by atoms with Crippen LogP contribution in [0.1, 0.15) is 18.4 Å². The van der Waals surface area contributed by atoms with Crippen molar-refractivity contribution in [1.29, 1.82) is 0 Å². The van der Waals surface area contributed by atoms with E-state index in [0.717, 1.165) is 32.5 Å². The van der Waals surface area contributed by atoms with E-state index in [4.69, 9.17) is 9.47 Å². The number of hydrogen-bond donors (Lipinski definition) is 1. The highest BCUT2D eigenvalue weighted by Crippen LogP contribution is 2.28. The van der Waals surface area contributed by atoms with E-state index in [1.807, 2.05) is 12.3 Å². The van der Waals surface area contributed by atoms with Crippen LogP contribution in [0.15, 0.2) is 47.6 Å². The molecule has 1 saturated heterocycles. The standard InChI is InChI=1S/C20H27N3O4S/c1-26-18-5-6-19(27-2)20(12-18)28(24,25)22-14-16-7-10-23(11-8-16)15-17-4-3-9-21-13-17/h3-6,9,12-13,16,22H,7-8,10-11,14-15H2,1-2H3. The molecule has 0 unspecified atom stereocenters. The topological polar surface area (TPSA) is 80.8 Å². The van der Waals surface area contributed by atoms with Crippen LogP contribution in [0.25, 0.3) is 0 Å². The van der Waals surface area contributed by atoms with Gasteiger partial charge in [0.1, 0.15) is 16.4 Å². The third-order valence-electron chi connectivity index (χ3n) is 5.06. The second-order valence-electron chi connectivity index (χ2n) is 6.95. The summed E-state index contributed by atoms with van der Waals surface area (Å²) < 4.78 is 38.6. The predicted molar refractivity (Wildman–Crippen MR) is 107 cm³/mol. The van der Waals surface area contributed by atoms with Crippen molar-refractivity contribution in [2.45, 2.75) is 24.3 Å². The fraction of sp³-hybridized carbons (Fsp3) is 0.450.